The second kappa shape index (κ2) is 8.79. The summed E-state index contributed by atoms with van der Waals surface area (Å²) in [5.41, 5.74) is 4.30. The van der Waals surface area contributed by atoms with Crippen LogP contribution >= 0.6 is 0 Å². The number of benzene rings is 2. The van der Waals surface area contributed by atoms with Crippen LogP contribution in [0.1, 0.15) is 21.7 Å². The van der Waals surface area contributed by atoms with Gasteiger partial charge in [-0.2, -0.15) is 5.10 Å². The van der Waals surface area contributed by atoms with Crippen LogP contribution in [0.3, 0.4) is 0 Å². The number of nitrogens with one attached hydrogen (secondary N) is 1. The van der Waals surface area contributed by atoms with Gasteiger partial charge >= 0.3 is 0 Å². The van der Waals surface area contributed by atoms with Gasteiger partial charge in [-0.1, -0.05) is 42.5 Å². The third kappa shape index (κ3) is 4.61. The number of hydrogen-bond donors (Lipinski definition) is 1. The fraction of sp³-hybridized carbons (Fsp3) is 0.167. The van der Waals surface area contributed by atoms with Crippen LogP contribution in [0.15, 0.2) is 77.6 Å². The van der Waals surface area contributed by atoms with Crippen molar-refractivity contribution in [1.29, 1.82) is 0 Å². The Kier molecular flexibility index (Phi) is 5.75. The lowest BCUT2D eigenvalue weighted by molar-refractivity contribution is 0.0951. The van der Waals surface area contributed by atoms with Crippen molar-refractivity contribution < 1.29 is 4.79 Å². The minimum absolute atomic E-state index is 0.192. The van der Waals surface area contributed by atoms with E-state index in [4.69, 9.17) is 0 Å². The third-order valence-corrected chi connectivity index (χ3v) is 4.94. The molecule has 0 bridgehead atoms. The second-order valence-corrected chi connectivity index (χ2v) is 7.29. The van der Waals surface area contributed by atoms with E-state index in [1.165, 1.54) is 10.7 Å². The highest BCUT2D eigenvalue weighted by Gasteiger charge is 2.09. The van der Waals surface area contributed by atoms with Gasteiger partial charge in [0.1, 0.15) is 0 Å². The van der Waals surface area contributed by atoms with Gasteiger partial charge in [0.15, 0.2) is 5.82 Å². The number of hydrogen-bond acceptors (Lipinski definition) is 4. The first-order valence-electron chi connectivity index (χ1n) is 10.1. The molecule has 0 aliphatic carbocycles. The molecule has 4 aromatic rings. The molecule has 0 fully saturated rings. The molecule has 1 amide bonds. The van der Waals surface area contributed by atoms with E-state index in [1.54, 1.807) is 22.9 Å². The van der Waals surface area contributed by atoms with Crippen LogP contribution in [-0.4, -0.2) is 32.0 Å². The number of rotatable bonds is 6. The number of amides is 1. The van der Waals surface area contributed by atoms with Crippen molar-refractivity contribution in [3.05, 3.63) is 100 Å². The summed E-state index contributed by atoms with van der Waals surface area (Å²) in [5.74, 6) is 0.371. The lowest BCUT2D eigenvalue weighted by atomic mass is 10.0. The molecule has 0 atom stereocenters. The highest BCUT2D eigenvalue weighted by molar-refractivity contribution is 5.94. The minimum atomic E-state index is -0.230. The van der Waals surface area contributed by atoms with E-state index in [-0.39, 0.29) is 24.6 Å². The largest absolute Gasteiger partial charge is 0.350 e. The van der Waals surface area contributed by atoms with Gasteiger partial charge < -0.3 is 5.32 Å². The summed E-state index contributed by atoms with van der Waals surface area (Å²) in [6.45, 7) is 4.38. The Hall–Kier alpha value is -4.00. The predicted octanol–water partition coefficient (Wildman–Crippen LogP) is 3.14. The van der Waals surface area contributed by atoms with Gasteiger partial charge in [0, 0.05) is 23.9 Å². The molecule has 0 aliphatic heterocycles. The van der Waals surface area contributed by atoms with E-state index in [0.717, 1.165) is 22.5 Å². The average molecular weight is 413 g/mol. The first-order chi connectivity index (χ1) is 15.0. The highest BCUT2D eigenvalue weighted by atomic mass is 16.2. The van der Waals surface area contributed by atoms with E-state index < -0.39 is 0 Å². The number of carbonyl (C=O) groups is 1. The first-order valence-corrected chi connectivity index (χ1v) is 10.1. The van der Waals surface area contributed by atoms with E-state index in [2.05, 4.69) is 15.5 Å². The molecular weight excluding hydrogens is 390 g/mol. The number of aryl methyl sites for hydroxylation is 2. The van der Waals surface area contributed by atoms with Crippen molar-refractivity contribution in [2.24, 2.45) is 0 Å². The molecule has 2 aromatic heterocycles. The molecule has 1 N–H and O–H groups in total. The summed E-state index contributed by atoms with van der Waals surface area (Å²) < 4.78 is 3.03. The molecule has 31 heavy (non-hydrogen) atoms. The fourth-order valence-electron chi connectivity index (χ4n) is 3.39. The van der Waals surface area contributed by atoms with Gasteiger partial charge in [0.25, 0.3) is 11.5 Å². The highest BCUT2D eigenvalue weighted by Crippen LogP contribution is 2.19. The molecule has 2 heterocycles. The summed E-state index contributed by atoms with van der Waals surface area (Å²) in [5, 5.41) is 11.6. The topological polar surface area (TPSA) is 81.8 Å². The summed E-state index contributed by atoms with van der Waals surface area (Å²) in [7, 11) is 0. The number of carbonyl (C=O) groups excluding carboxylic acids is 1. The first kappa shape index (κ1) is 20.3. The van der Waals surface area contributed by atoms with E-state index in [0.29, 0.717) is 11.4 Å². The van der Waals surface area contributed by atoms with Crippen molar-refractivity contribution in [3.8, 4) is 16.9 Å². The monoisotopic (exact) mass is 413 g/mol. The lowest BCUT2D eigenvalue weighted by Gasteiger charge is -2.10. The zero-order valence-corrected chi connectivity index (χ0v) is 17.4. The van der Waals surface area contributed by atoms with Crippen molar-refractivity contribution in [2.45, 2.75) is 20.4 Å². The van der Waals surface area contributed by atoms with Crippen molar-refractivity contribution in [1.82, 2.24) is 24.9 Å². The van der Waals surface area contributed by atoms with Crippen LogP contribution in [-0.2, 0) is 6.54 Å². The Morgan fingerprint density at radius 2 is 1.61 bits per heavy atom. The maximum atomic E-state index is 12.5. The van der Waals surface area contributed by atoms with Gasteiger partial charge in [-0.25, -0.2) is 9.36 Å². The van der Waals surface area contributed by atoms with Crippen LogP contribution in [0, 0.1) is 13.8 Å². The standard InChI is InChI=1S/C24H23N5O2/c1-17-16-18(2)29(26-17)22-12-13-23(30)28(27-22)15-14-25-24(31)21-10-8-20(9-11-21)19-6-4-3-5-7-19/h3-13,16H,14-15H2,1-2H3,(H,25,31). The van der Waals surface area contributed by atoms with Crippen LogP contribution in [0.2, 0.25) is 0 Å². The van der Waals surface area contributed by atoms with E-state index in [9.17, 15) is 9.59 Å². The maximum Gasteiger partial charge on any atom is 0.266 e. The Labute approximate surface area is 180 Å². The molecule has 0 saturated carbocycles. The Morgan fingerprint density at radius 3 is 2.29 bits per heavy atom. The summed E-state index contributed by atoms with van der Waals surface area (Å²) in [6.07, 6.45) is 0. The molecule has 0 unspecified atom stereocenters. The molecule has 7 nitrogen and oxygen atoms in total. The van der Waals surface area contributed by atoms with Crippen molar-refractivity contribution in [3.63, 3.8) is 0 Å². The zero-order valence-electron chi connectivity index (χ0n) is 17.4. The minimum Gasteiger partial charge on any atom is -0.350 e. The normalized spacial score (nSPS) is 10.8. The number of aromatic nitrogens is 4. The Balaban J connectivity index is 1.40. The number of nitrogens with zero attached hydrogens (tertiary/aromatic N) is 4. The van der Waals surface area contributed by atoms with Crippen molar-refractivity contribution in [2.75, 3.05) is 6.54 Å². The van der Waals surface area contributed by atoms with Crippen LogP contribution in [0.5, 0.6) is 0 Å². The Bertz CT molecular complexity index is 1260. The quantitative estimate of drug-likeness (QED) is 0.527. The van der Waals surface area contributed by atoms with E-state index >= 15 is 0 Å². The molecule has 0 aliphatic rings. The van der Waals surface area contributed by atoms with Crippen LogP contribution in [0.4, 0.5) is 0 Å². The van der Waals surface area contributed by atoms with Gasteiger partial charge in [0.2, 0.25) is 0 Å². The molecule has 0 radical (unpaired) electrons. The summed E-state index contributed by atoms with van der Waals surface area (Å²) in [4.78, 5) is 24.6. The molecule has 156 valence electrons. The summed E-state index contributed by atoms with van der Waals surface area (Å²) >= 11 is 0. The van der Waals surface area contributed by atoms with E-state index in [1.807, 2.05) is 62.4 Å². The SMILES string of the molecule is Cc1cc(C)n(-c2ccc(=O)n(CCNC(=O)c3ccc(-c4ccccc4)cc3)n2)n1. The molecule has 2 aromatic carbocycles. The second-order valence-electron chi connectivity index (χ2n) is 7.29. The van der Waals surface area contributed by atoms with Gasteiger partial charge in [-0.15, -0.1) is 5.10 Å². The lowest BCUT2D eigenvalue weighted by Crippen LogP contribution is -2.32. The molecule has 7 heteroatoms. The molecule has 4 rings (SSSR count). The summed E-state index contributed by atoms with van der Waals surface area (Å²) in [6, 6.07) is 22.5. The predicted molar refractivity (Wildman–Crippen MR) is 119 cm³/mol. The molecular formula is C24H23N5O2. The van der Waals surface area contributed by atoms with Gasteiger partial charge in [-0.05, 0) is 49.2 Å². The smallest absolute Gasteiger partial charge is 0.266 e. The molecule has 0 saturated heterocycles. The van der Waals surface area contributed by atoms with Gasteiger partial charge in [0.05, 0.1) is 12.2 Å². The Morgan fingerprint density at radius 1 is 0.903 bits per heavy atom. The molecule has 0 spiro atoms. The van der Waals surface area contributed by atoms with Crippen LogP contribution < -0.4 is 10.9 Å². The fourth-order valence-corrected chi connectivity index (χ4v) is 3.39. The van der Waals surface area contributed by atoms with Gasteiger partial charge in [-0.3, -0.25) is 9.59 Å². The average Bonchev–Trinajstić information content (AvgIpc) is 3.13. The zero-order chi connectivity index (χ0) is 21.8. The van der Waals surface area contributed by atoms with Crippen LogP contribution in [0.25, 0.3) is 16.9 Å². The van der Waals surface area contributed by atoms with Crippen molar-refractivity contribution >= 4 is 5.91 Å². The maximum absolute atomic E-state index is 12.5. The third-order valence-electron chi connectivity index (χ3n) is 4.94.